The first kappa shape index (κ1) is 13.7. The van der Waals surface area contributed by atoms with Crippen LogP contribution in [0.15, 0.2) is 11.0 Å². The van der Waals surface area contributed by atoms with E-state index in [4.69, 9.17) is 9.47 Å². The van der Waals surface area contributed by atoms with Crippen LogP contribution in [-0.4, -0.2) is 29.2 Å². The summed E-state index contributed by atoms with van der Waals surface area (Å²) in [6, 6.07) is 0. The molecule has 1 N–H and O–H groups in total. The van der Waals surface area contributed by atoms with Crippen LogP contribution in [0.1, 0.15) is 49.3 Å². The van der Waals surface area contributed by atoms with Gasteiger partial charge in [-0.25, -0.2) is 9.78 Å². The van der Waals surface area contributed by atoms with Crippen molar-refractivity contribution in [3.8, 4) is 0 Å². The Bertz CT molecular complexity index is 518. The van der Waals surface area contributed by atoms with E-state index in [1.807, 2.05) is 6.92 Å². The van der Waals surface area contributed by atoms with Gasteiger partial charge in [-0.15, -0.1) is 0 Å². The zero-order valence-corrected chi connectivity index (χ0v) is 11.2. The Morgan fingerprint density at radius 1 is 1.58 bits per heavy atom. The fourth-order valence-electron chi connectivity index (χ4n) is 2.14. The number of carbonyl (C=O) groups excluding carboxylic acids is 1. The lowest BCUT2D eigenvalue weighted by molar-refractivity contribution is -0.0762. The molecule has 0 aromatic carbocycles. The van der Waals surface area contributed by atoms with Crippen molar-refractivity contribution in [1.82, 2.24) is 9.97 Å². The Morgan fingerprint density at radius 2 is 2.37 bits per heavy atom. The summed E-state index contributed by atoms with van der Waals surface area (Å²) in [5, 5.41) is 0. The second-order valence-corrected chi connectivity index (χ2v) is 4.73. The van der Waals surface area contributed by atoms with Crippen molar-refractivity contribution in [2.75, 3.05) is 13.2 Å². The van der Waals surface area contributed by atoms with E-state index in [1.165, 1.54) is 6.20 Å². The highest BCUT2D eigenvalue weighted by molar-refractivity contribution is 5.88. The minimum atomic E-state index is -0.655. The molecule has 1 aliphatic rings. The molecule has 1 aromatic rings. The van der Waals surface area contributed by atoms with Gasteiger partial charge in [0.25, 0.3) is 5.56 Å². The first-order valence-electron chi connectivity index (χ1n) is 6.47. The molecule has 6 nitrogen and oxygen atoms in total. The van der Waals surface area contributed by atoms with Crippen molar-refractivity contribution < 1.29 is 14.3 Å². The second kappa shape index (κ2) is 5.52. The van der Waals surface area contributed by atoms with E-state index >= 15 is 0 Å². The maximum absolute atomic E-state index is 11.9. The molecule has 0 spiro atoms. The minimum Gasteiger partial charge on any atom is -0.462 e. The summed E-state index contributed by atoms with van der Waals surface area (Å²) in [5.41, 5.74) is -1.14. The molecular formula is C13H18N2O4. The molecule has 1 aromatic heterocycles. The third-order valence-corrected chi connectivity index (χ3v) is 3.26. The third-order valence-electron chi connectivity index (χ3n) is 3.26. The number of rotatable bonds is 3. The number of hydrogen-bond donors (Lipinski definition) is 1. The van der Waals surface area contributed by atoms with Crippen LogP contribution in [0.3, 0.4) is 0 Å². The van der Waals surface area contributed by atoms with Gasteiger partial charge in [0.1, 0.15) is 17.0 Å². The fraction of sp³-hybridized carbons (Fsp3) is 0.615. The van der Waals surface area contributed by atoms with Crippen molar-refractivity contribution in [3.05, 3.63) is 27.9 Å². The Morgan fingerprint density at radius 3 is 2.95 bits per heavy atom. The molecule has 0 aliphatic carbocycles. The number of hydrogen-bond acceptors (Lipinski definition) is 5. The zero-order chi connectivity index (χ0) is 13.9. The van der Waals surface area contributed by atoms with Crippen LogP contribution in [0.5, 0.6) is 0 Å². The molecule has 19 heavy (non-hydrogen) atoms. The molecule has 1 unspecified atom stereocenters. The van der Waals surface area contributed by atoms with E-state index in [0.717, 1.165) is 19.3 Å². The van der Waals surface area contributed by atoms with Crippen LogP contribution in [-0.2, 0) is 15.1 Å². The minimum absolute atomic E-state index is 0.0787. The number of aromatic nitrogens is 2. The second-order valence-electron chi connectivity index (χ2n) is 4.73. The first-order chi connectivity index (χ1) is 9.07. The summed E-state index contributed by atoms with van der Waals surface area (Å²) in [6.45, 7) is 4.46. The Hall–Kier alpha value is -1.69. The Balaban J connectivity index is 2.28. The van der Waals surface area contributed by atoms with Crippen LogP contribution in [0.25, 0.3) is 0 Å². The largest absolute Gasteiger partial charge is 0.462 e. The van der Waals surface area contributed by atoms with Crippen molar-refractivity contribution in [3.63, 3.8) is 0 Å². The highest BCUT2D eigenvalue weighted by atomic mass is 16.5. The average molecular weight is 266 g/mol. The summed E-state index contributed by atoms with van der Waals surface area (Å²) >= 11 is 0. The van der Waals surface area contributed by atoms with Gasteiger partial charge in [0.05, 0.1) is 6.61 Å². The van der Waals surface area contributed by atoms with Gasteiger partial charge in [-0.05, 0) is 33.1 Å². The number of ether oxygens (including phenoxy) is 2. The van der Waals surface area contributed by atoms with Gasteiger partial charge in [-0.2, -0.15) is 0 Å². The first-order valence-corrected chi connectivity index (χ1v) is 6.47. The molecule has 6 heteroatoms. The molecule has 2 rings (SSSR count). The van der Waals surface area contributed by atoms with Crippen LogP contribution < -0.4 is 5.56 Å². The van der Waals surface area contributed by atoms with Gasteiger partial charge in [-0.1, -0.05) is 0 Å². The fourth-order valence-corrected chi connectivity index (χ4v) is 2.14. The monoisotopic (exact) mass is 266 g/mol. The molecule has 104 valence electrons. The summed E-state index contributed by atoms with van der Waals surface area (Å²) in [5.74, 6) is -0.192. The summed E-state index contributed by atoms with van der Waals surface area (Å²) in [6.07, 6.45) is 4.10. The van der Waals surface area contributed by atoms with Crippen molar-refractivity contribution in [1.29, 1.82) is 0 Å². The lowest BCUT2D eigenvalue weighted by Crippen LogP contribution is -2.35. The molecule has 0 radical (unpaired) electrons. The standard InChI is InChI=1S/C13H18N2O4/c1-3-18-11(17)9-8-14-12(15-10(9)16)13(2)6-4-5-7-19-13/h8H,3-7H2,1-2H3,(H,14,15,16). The summed E-state index contributed by atoms with van der Waals surface area (Å²) < 4.78 is 10.5. The Kier molecular flexibility index (Phi) is 3.99. The average Bonchev–Trinajstić information content (AvgIpc) is 2.39. The zero-order valence-electron chi connectivity index (χ0n) is 11.2. The third kappa shape index (κ3) is 2.84. The lowest BCUT2D eigenvalue weighted by Gasteiger charge is -2.32. The normalized spacial score (nSPS) is 23.1. The van der Waals surface area contributed by atoms with Crippen molar-refractivity contribution in [2.24, 2.45) is 0 Å². The Labute approximate surface area is 111 Å². The van der Waals surface area contributed by atoms with E-state index in [2.05, 4.69) is 9.97 Å². The van der Waals surface area contributed by atoms with Gasteiger partial charge < -0.3 is 14.5 Å². The molecule has 0 amide bonds. The number of esters is 1. The summed E-state index contributed by atoms with van der Waals surface area (Å²) in [7, 11) is 0. The van der Waals surface area contributed by atoms with Gasteiger partial charge in [0.15, 0.2) is 0 Å². The van der Waals surface area contributed by atoms with Gasteiger partial charge in [-0.3, -0.25) is 4.79 Å². The van der Waals surface area contributed by atoms with E-state index < -0.39 is 17.1 Å². The lowest BCUT2D eigenvalue weighted by atomic mass is 9.95. The van der Waals surface area contributed by atoms with E-state index in [-0.39, 0.29) is 12.2 Å². The van der Waals surface area contributed by atoms with Crippen molar-refractivity contribution in [2.45, 2.75) is 38.7 Å². The van der Waals surface area contributed by atoms with Gasteiger partial charge >= 0.3 is 5.97 Å². The topological polar surface area (TPSA) is 81.3 Å². The van der Waals surface area contributed by atoms with E-state index in [0.29, 0.717) is 12.4 Å². The smallest absolute Gasteiger partial charge is 0.345 e. The van der Waals surface area contributed by atoms with E-state index in [9.17, 15) is 9.59 Å². The summed E-state index contributed by atoms with van der Waals surface area (Å²) in [4.78, 5) is 30.2. The highest BCUT2D eigenvalue weighted by Crippen LogP contribution is 2.31. The molecule has 1 aliphatic heterocycles. The predicted octanol–water partition coefficient (Wildman–Crippen LogP) is 1.36. The molecule has 1 fully saturated rings. The maximum atomic E-state index is 11.9. The number of nitrogens with zero attached hydrogens (tertiary/aromatic N) is 1. The van der Waals surface area contributed by atoms with Crippen LogP contribution in [0.4, 0.5) is 0 Å². The van der Waals surface area contributed by atoms with E-state index in [1.54, 1.807) is 6.92 Å². The molecule has 2 heterocycles. The number of carbonyl (C=O) groups is 1. The quantitative estimate of drug-likeness (QED) is 0.835. The molecule has 1 atom stereocenters. The van der Waals surface area contributed by atoms with Crippen LogP contribution in [0.2, 0.25) is 0 Å². The molecule has 0 saturated carbocycles. The molecular weight excluding hydrogens is 248 g/mol. The SMILES string of the molecule is CCOC(=O)c1cnc(C2(C)CCCCO2)[nH]c1=O. The van der Waals surface area contributed by atoms with Crippen molar-refractivity contribution >= 4 is 5.97 Å². The van der Waals surface area contributed by atoms with Crippen LogP contribution >= 0.6 is 0 Å². The van der Waals surface area contributed by atoms with Gasteiger partial charge in [0, 0.05) is 12.8 Å². The molecule has 0 bridgehead atoms. The van der Waals surface area contributed by atoms with Crippen LogP contribution in [0, 0.1) is 0 Å². The number of nitrogens with one attached hydrogen (secondary N) is 1. The number of H-pyrrole nitrogens is 1. The predicted molar refractivity (Wildman–Crippen MR) is 68.0 cm³/mol. The highest BCUT2D eigenvalue weighted by Gasteiger charge is 2.33. The number of aromatic amines is 1. The van der Waals surface area contributed by atoms with Gasteiger partial charge in [0.2, 0.25) is 0 Å². The maximum Gasteiger partial charge on any atom is 0.345 e. The molecule has 1 saturated heterocycles.